The molecule has 0 aromatic heterocycles. The van der Waals surface area contributed by atoms with E-state index in [1.165, 1.54) is 25.8 Å². The van der Waals surface area contributed by atoms with Gasteiger partial charge in [0.05, 0.1) is 10.9 Å². The fourth-order valence-electron chi connectivity index (χ4n) is 3.93. The lowest BCUT2D eigenvalue weighted by molar-refractivity contribution is -0.777. The SMILES string of the molecule is C.CC(C)(C)SOO[O-].Cc1c(C)c([S+](c2ccccc2)c2ccccc2)c(C)c(C(C)(C)C)c1O. The summed E-state index contributed by atoms with van der Waals surface area (Å²) < 4.78 is 3.98. The summed E-state index contributed by atoms with van der Waals surface area (Å²) in [7, 11) is -0.213. The standard InChI is InChI=1S/C25H28OS.C4H10O3S.CH4/c1-17-18(2)24(19(3)22(23(17)26)25(4,5)6)27(20-13-9-7-10-14-20)21-15-11-8-12-16-21;1-4(2,3)8-7-6-5;/h7-16H,1-6H3;5H,1-3H3;1H4. The molecule has 0 fully saturated rings. The zero-order valence-corrected chi connectivity index (χ0v) is 23.9. The van der Waals surface area contributed by atoms with Crippen LogP contribution in [-0.4, -0.2) is 9.85 Å². The van der Waals surface area contributed by atoms with E-state index in [1.54, 1.807) is 0 Å². The number of phenolic OH excluding ortho intramolecular Hbond substituents is 1. The molecule has 1 N–H and O–H groups in total. The monoisotopic (exact) mass is 530 g/mol. The third-order valence-corrected chi connectivity index (χ3v) is 8.57. The molecule has 3 aromatic rings. The maximum absolute atomic E-state index is 10.9. The van der Waals surface area contributed by atoms with E-state index in [9.17, 15) is 10.4 Å². The van der Waals surface area contributed by atoms with E-state index in [0.29, 0.717) is 5.75 Å². The molecule has 4 nitrogen and oxygen atoms in total. The lowest BCUT2D eigenvalue weighted by atomic mass is 9.81. The molecule has 0 atom stereocenters. The molecule has 198 valence electrons. The molecule has 3 aromatic carbocycles. The summed E-state index contributed by atoms with van der Waals surface area (Å²) in [5.41, 5.74) is 4.33. The molecule has 0 amide bonds. The Morgan fingerprint density at radius 3 is 1.53 bits per heavy atom. The van der Waals surface area contributed by atoms with Gasteiger partial charge < -0.3 is 10.4 Å². The second-order valence-corrected chi connectivity index (χ2v) is 13.9. The van der Waals surface area contributed by atoms with Crippen molar-refractivity contribution < 1.29 is 19.7 Å². The Morgan fingerprint density at radius 1 is 0.750 bits per heavy atom. The predicted molar refractivity (Wildman–Crippen MR) is 152 cm³/mol. The van der Waals surface area contributed by atoms with E-state index in [0.717, 1.165) is 23.2 Å². The molecule has 3 rings (SSSR count). The molecular formula is C30H42O4S2. The Bertz CT molecular complexity index is 1050. The molecule has 0 radical (unpaired) electrons. The molecule has 6 heteroatoms. The summed E-state index contributed by atoms with van der Waals surface area (Å²) in [4.78, 5) is 3.95. The normalized spacial score (nSPS) is 11.5. The maximum Gasteiger partial charge on any atom is 0.173 e. The minimum absolute atomic E-state index is 0. The van der Waals surface area contributed by atoms with Gasteiger partial charge in [0.15, 0.2) is 14.7 Å². The van der Waals surface area contributed by atoms with Gasteiger partial charge in [-0.3, -0.25) is 5.04 Å². The molecule has 0 unspecified atom stereocenters. The van der Waals surface area contributed by atoms with E-state index < -0.39 is 0 Å². The van der Waals surface area contributed by atoms with Crippen molar-refractivity contribution in [2.45, 2.75) is 94.6 Å². The predicted octanol–water partition coefficient (Wildman–Crippen LogP) is 8.00. The first-order valence-corrected chi connectivity index (χ1v) is 13.6. The topological polar surface area (TPSA) is 61.8 Å². The van der Waals surface area contributed by atoms with E-state index in [-0.39, 0.29) is 28.5 Å². The second kappa shape index (κ2) is 13.5. The van der Waals surface area contributed by atoms with Crippen LogP contribution in [0.5, 0.6) is 5.75 Å². The highest BCUT2D eigenvalue weighted by Crippen LogP contribution is 2.45. The molecule has 0 aliphatic heterocycles. The van der Waals surface area contributed by atoms with Crippen molar-refractivity contribution in [3.05, 3.63) is 82.9 Å². The lowest BCUT2D eigenvalue weighted by Crippen LogP contribution is -2.18. The van der Waals surface area contributed by atoms with Crippen LogP contribution in [0, 0.1) is 20.8 Å². The third-order valence-electron chi connectivity index (χ3n) is 5.43. The van der Waals surface area contributed by atoms with E-state index in [2.05, 4.69) is 105 Å². The van der Waals surface area contributed by atoms with Crippen molar-refractivity contribution in [3.8, 4) is 5.75 Å². The van der Waals surface area contributed by atoms with Crippen LogP contribution in [0.2, 0.25) is 0 Å². The Morgan fingerprint density at radius 2 is 1.19 bits per heavy atom. The van der Waals surface area contributed by atoms with Gasteiger partial charge in [-0.05, 0) is 76.8 Å². The Balaban J connectivity index is 0.000000625. The molecule has 36 heavy (non-hydrogen) atoms. The van der Waals surface area contributed by atoms with Crippen molar-refractivity contribution >= 4 is 22.9 Å². The van der Waals surface area contributed by atoms with Gasteiger partial charge in [0.2, 0.25) is 0 Å². The van der Waals surface area contributed by atoms with Crippen molar-refractivity contribution in [1.29, 1.82) is 0 Å². The van der Waals surface area contributed by atoms with E-state index in [4.69, 9.17) is 0 Å². The number of hydrogen-bond acceptors (Lipinski definition) is 5. The second-order valence-electron chi connectivity index (χ2n) is 10.4. The lowest BCUT2D eigenvalue weighted by Gasteiger charge is -2.27. The number of aromatic hydroxyl groups is 1. The Labute approximate surface area is 225 Å². The quantitative estimate of drug-likeness (QED) is 0.157. The molecule has 0 aliphatic rings. The van der Waals surface area contributed by atoms with Crippen LogP contribution in [0.25, 0.3) is 0 Å². The largest absolute Gasteiger partial charge is 0.691 e. The fraction of sp³-hybridized carbons (Fsp3) is 0.400. The Kier molecular flexibility index (Phi) is 12.1. The highest BCUT2D eigenvalue weighted by Gasteiger charge is 2.37. The average molecular weight is 531 g/mol. The molecule has 0 heterocycles. The zero-order chi connectivity index (χ0) is 26.4. The summed E-state index contributed by atoms with van der Waals surface area (Å²) in [5.74, 6) is 0.450. The first-order chi connectivity index (χ1) is 16.3. The Hall–Kier alpha value is -1.96. The number of benzene rings is 3. The van der Waals surface area contributed by atoms with Gasteiger partial charge in [0.1, 0.15) is 5.75 Å². The van der Waals surface area contributed by atoms with Crippen molar-refractivity contribution in [2.75, 3.05) is 0 Å². The minimum Gasteiger partial charge on any atom is -0.691 e. The summed E-state index contributed by atoms with van der Waals surface area (Å²) in [6.45, 7) is 18.6. The fourth-order valence-corrected chi connectivity index (χ4v) is 6.63. The van der Waals surface area contributed by atoms with Gasteiger partial charge in [-0.2, -0.15) is 4.33 Å². The summed E-state index contributed by atoms with van der Waals surface area (Å²) in [6.07, 6.45) is 0. The van der Waals surface area contributed by atoms with Gasteiger partial charge in [0.25, 0.3) is 0 Å². The summed E-state index contributed by atoms with van der Waals surface area (Å²) in [5, 5.41) is 23.3. The van der Waals surface area contributed by atoms with Crippen LogP contribution in [0.1, 0.15) is 71.2 Å². The number of rotatable bonds is 5. The van der Waals surface area contributed by atoms with Crippen LogP contribution >= 0.6 is 12.0 Å². The van der Waals surface area contributed by atoms with Crippen LogP contribution < -0.4 is 5.26 Å². The van der Waals surface area contributed by atoms with Gasteiger partial charge in [-0.1, -0.05) is 64.6 Å². The maximum atomic E-state index is 10.9. The van der Waals surface area contributed by atoms with Gasteiger partial charge in [0, 0.05) is 33.5 Å². The highest BCUT2D eigenvalue weighted by molar-refractivity contribution is 7.97. The van der Waals surface area contributed by atoms with Crippen LogP contribution in [0.3, 0.4) is 0 Å². The van der Waals surface area contributed by atoms with Gasteiger partial charge >= 0.3 is 0 Å². The third kappa shape index (κ3) is 8.29. The molecule has 0 bridgehead atoms. The van der Waals surface area contributed by atoms with Gasteiger partial charge in [-0.15, -0.1) is 0 Å². The summed E-state index contributed by atoms with van der Waals surface area (Å²) >= 11 is 0.999. The highest BCUT2D eigenvalue weighted by atomic mass is 32.2. The number of hydrogen-bond donors (Lipinski definition) is 1. The van der Waals surface area contributed by atoms with Crippen LogP contribution in [-0.2, 0) is 25.7 Å². The first kappa shape index (κ1) is 32.1. The molecular weight excluding hydrogens is 488 g/mol. The van der Waals surface area contributed by atoms with Crippen molar-refractivity contribution in [2.24, 2.45) is 0 Å². The average Bonchev–Trinajstić information content (AvgIpc) is 2.79. The number of phenols is 1. The molecule has 0 saturated heterocycles. The van der Waals surface area contributed by atoms with Gasteiger partial charge in [-0.25, -0.2) is 0 Å². The van der Waals surface area contributed by atoms with E-state index in [1.807, 2.05) is 27.7 Å². The zero-order valence-electron chi connectivity index (χ0n) is 22.3. The van der Waals surface area contributed by atoms with Crippen molar-refractivity contribution in [3.63, 3.8) is 0 Å². The van der Waals surface area contributed by atoms with Crippen LogP contribution in [0.4, 0.5) is 0 Å². The molecule has 0 spiro atoms. The smallest absolute Gasteiger partial charge is 0.173 e. The molecule has 0 aliphatic carbocycles. The summed E-state index contributed by atoms with van der Waals surface area (Å²) in [6, 6.07) is 21.4. The first-order valence-electron chi connectivity index (χ1n) is 11.6. The minimum atomic E-state index is -0.213. The van der Waals surface area contributed by atoms with E-state index >= 15 is 0 Å². The van der Waals surface area contributed by atoms with Crippen molar-refractivity contribution in [1.82, 2.24) is 0 Å². The van der Waals surface area contributed by atoms with Crippen LogP contribution in [0.15, 0.2) is 75.4 Å². The molecule has 0 saturated carbocycles.